The second-order valence-corrected chi connectivity index (χ2v) is 13.4. The summed E-state index contributed by atoms with van der Waals surface area (Å²) in [6.45, 7) is 10.4. The molecule has 3 unspecified atom stereocenters. The van der Waals surface area contributed by atoms with Crippen LogP contribution in [0, 0.1) is 11.3 Å². The van der Waals surface area contributed by atoms with Gasteiger partial charge in [0.1, 0.15) is 11.7 Å². The van der Waals surface area contributed by atoms with Crippen LogP contribution in [0.3, 0.4) is 0 Å². The third-order valence-electron chi connectivity index (χ3n) is 10.4. The van der Waals surface area contributed by atoms with Crippen LogP contribution in [0.15, 0.2) is 47.1 Å². The van der Waals surface area contributed by atoms with Crippen molar-refractivity contribution in [3.8, 4) is 0 Å². The van der Waals surface area contributed by atoms with Gasteiger partial charge in [0, 0.05) is 44.5 Å². The highest BCUT2D eigenvalue weighted by molar-refractivity contribution is 5.93. The van der Waals surface area contributed by atoms with Crippen LogP contribution in [0.25, 0.3) is 0 Å². The minimum atomic E-state index is -0.773. The van der Waals surface area contributed by atoms with E-state index >= 15 is 0 Å². The number of fused-ring (bicyclic) bond motifs is 2. The summed E-state index contributed by atoms with van der Waals surface area (Å²) in [6.07, 6.45) is 8.49. The number of nitrogens with zero attached hydrogens (tertiary/aromatic N) is 1. The summed E-state index contributed by atoms with van der Waals surface area (Å²) < 4.78 is 19.1. The first-order valence-corrected chi connectivity index (χ1v) is 15.1. The Balaban J connectivity index is 1.67. The van der Waals surface area contributed by atoms with Gasteiger partial charge in [-0.05, 0) is 107 Å². The molecular formula is C34H47NO5. The first kappa shape index (κ1) is 29.1. The lowest BCUT2D eigenvalue weighted by molar-refractivity contribution is -0.217. The number of rotatable bonds is 4. The number of carbonyl (C=O) groups is 2. The molecule has 0 bridgehead atoms. The van der Waals surface area contributed by atoms with Crippen molar-refractivity contribution in [3.63, 3.8) is 0 Å². The van der Waals surface area contributed by atoms with Crippen LogP contribution in [-0.4, -0.2) is 49.9 Å². The maximum Gasteiger partial charge on any atom is 0.303 e. The predicted octanol–water partition coefficient (Wildman–Crippen LogP) is 6.89. The summed E-state index contributed by atoms with van der Waals surface area (Å²) in [5, 5.41) is 0. The van der Waals surface area contributed by atoms with E-state index in [1.807, 2.05) is 19.9 Å². The van der Waals surface area contributed by atoms with Gasteiger partial charge in [-0.25, -0.2) is 0 Å². The maximum absolute atomic E-state index is 12.8. The zero-order valence-corrected chi connectivity index (χ0v) is 25.5. The van der Waals surface area contributed by atoms with Crippen molar-refractivity contribution in [3.05, 3.63) is 52.6 Å². The average Bonchev–Trinajstić information content (AvgIpc) is 3.39. The quantitative estimate of drug-likeness (QED) is 0.381. The molecule has 1 heterocycles. The fourth-order valence-electron chi connectivity index (χ4n) is 8.21. The first-order valence-electron chi connectivity index (χ1n) is 15.1. The van der Waals surface area contributed by atoms with Gasteiger partial charge in [-0.3, -0.25) is 9.59 Å². The fraction of sp³-hybridized carbons (Fsp3) is 0.647. The number of ether oxygens (including phenoxy) is 3. The highest BCUT2D eigenvalue weighted by atomic mass is 16.8. The van der Waals surface area contributed by atoms with Crippen LogP contribution < -0.4 is 4.90 Å². The molecule has 0 amide bonds. The first-order chi connectivity index (χ1) is 18.8. The van der Waals surface area contributed by atoms with Gasteiger partial charge in [0.2, 0.25) is 0 Å². The van der Waals surface area contributed by atoms with Gasteiger partial charge in [0.25, 0.3) is 0 Å². The molecule has 1 saturated heterocycles. The monoisotopic (exact) mass is 549 g/mol. The molecule has 5 rings (SSSR count). The molecular weight excluding hydrogens is 502 g/mol. The molecule has 1 saturated carbocycles. The van der Waals surface area contributed by atoms with Crippen LogP contribution >= 0.6 is 0 Å². The third-order valence-corrected chi connectivity index (χ3v) is 10.4. The zero-order valence-electron chi connectivity index (χ0n) is 25.5. The van der Waals surface area contributed by atoms with E-state index in [2.05, 4.69) is 57.1 Å². The van der Waals surface area contributed by atoms with Gasteiger partial charge >= 0.3 is 5.97 Å². The molecule has 6 nitrogen and oxygen atoms in total. The summed E-state index contributed by atoms with van der Waals surface area (Å²) in [5.41, 5.74) is 5.24. The second-order valence-electron chi connectivity index (χ2n) is 13.4. The third kappa shape index (κ3) is 5.18. The molecule has 1 aromatic carbocycles. The van der Waals surface area contributed by atoms with Crippen LogP contribution in [0.1, 0.15) is 97.5 Å². The molecule has 0 spiro atoms. The normalized spacial score (nSPS) is 35.9. The van der Waals surface area contributed by atoms with Gasteiger partial charge < -0.3 is 19.1 Å². The lowest BCUT2D eigenvalue weighted by Gasteiger charge is -2.50. The van der Waals surface area contributed by atoms with E-state index in [0.717, 1.165) is 50.6 Å². The van der Waals surface area contributed by atoms with Crippen molar-refractivity contribution < 1.29 is 23.8 Å². The summed E-state index contributed by atoms with van der Waals surface area (Å²) in [7, 11) is 4.12. The molecule has 3 aliphatic carbocycles. The van der Waals surface area contributed by atoms with Crippen molar-refractivity contribution in [1.82, 2.24) is 0 Å². The van der Waals surface area contributed by atoms with E-state index in [4.69, 9.17) is 14.2 Å². The van der Waals surface area contributed by atoms with Crippen molar-refractivity contribution in [2.75, 3.05) is 25.6 Å². The predicted molar refractivity (Wildman–Crippen MR) is 157 cm³/mol. The molecule has 40 heavy (non-hydrogen) atoms. The Hall–Kier alpha value is -2.44. The molecule has 0 aromatic heterocycles. The Kier molecular flexibility index (Phi) is 7.82. The molecule has 0 N–H and O–H groups in total. The largest absolute Gasteiger partial charge is 0.456 e. The van der Waals surface area contributed by atoms with E-state index in [0.29, 0.717) is 18.9 Å². The molecule has 1 aromatic rings. The molecule has 6 heteroatoms. The molecule has 5 atom stereocenters. The lowest BCUT2D eigenvalue weighted by Crippen LogP contribution is -2.58. The number of anilines is 1. The molecule has 2 fully saturated rings. The van der Waals surface area contributed by atoms with Gasteiger partial charge in [-0.2, -0.15) is 0 Å². The summed E-state index contributed by atoms with van der Waals surface area (Å²) >= 11 is 0. The van der Waals surface area contributed by atoms with Crippen molar-refractivity contribution in [1.29, 1.82) is 0 Å². The van der Waals surface area contributed by atoms with Gasteiger partial charge in [0.15, 0.2) is 11.6 Å². The highest BCUT2D eigenvalue weighted by Crippen LogP contribution is 2.62. The maximum atomic E-state index is 12.8. The van der Waals surface area contributed by atoms with Crippen LogP contribution in [0.5, 0.6) is 0 Å². The Bertz CT molecular complexity index is 1210. The minimum Gasteiger partial charge on any atom is -0.456 e. The number of hydrogen-bond donors (Lipinski definition) is 0. The van der Waals surface area contributed by atoms with Crippen LogP contribution in [-0.2, 0) is 23.8 Å². The lowest BCUT2D eigenvalue weighted by atomic mass is 9.60. The second kappa shape index (κ2) is 10.8. The van der Waals surface area contributed by atoms with E-state index in [-0.39, 0.29) is 29.2 Å². The van der Waals surface area contributed by atoms with Crippen molar-refractivity contribution >= 4 is 17.4 Å². The van der Waals surface area contributed by atoms with E-state index in [9.17, 15) is 9.59 Å². The zero-order chi connectivity index (χ0) is 28.9. The SMILES string of the molecule is CC(=O)O[C@]1(C2COC(C)(C)O2)CCC2CCCC3=CC(=O)CC/C3=C(/C)C(c3ccc(N(C)C)cc3)C[C@@]21C. The van der Waals surface area contributed by atoms with Gasteiger partial charge in [-0.15, -0.1) is 0 Å². The Morgan fingerprint density at radius 2 is 1.77 bits per heavy atom. The standard InChI is InChI=1S/C34H47NO5/c1-22-29-16-15-28(37)19-25(29)9-8-10-26-17-18-34(39-23(2)36,31-21-38-32(3,4)40-31)33(26,5)20-30(22)24-11-13-27(14-12-24)35(6)7/h11-14,19,26,30-31H,8-10,15-18,20-21H2,1-7H3/b29-22+/t26?,30?,31?,33-,34-/m0/s1. The number of esters is 1. The molecule has 218 valence electrons. The Morgan fingerprint density at radius 1 is 1.05 bits per heavy atom. The molecule has 1 aliphatic heterocycles. The van der Waals surface area contributed by atoms with Crippen LogP contribution in [0.2, 0.25) is 0 Å². The van der Waals surface area contributed by atoms with Crippen molar-refractivity contribution in [2.45, 2.75) is 109 Å². The number of ketones is 1. The number of benzene rings is 1. The number of hydrogen-bond acceptors (Lipinski definition) is 6. The fourth-order valence-corrected chi connectivity index (χ4v) is 8.21. The van der Waals surface area contributed by atoms with E-state index < -0.39 is 11.4 Å². The van der Waals surface area contributed by atoms with E-state index in [1.165, 1.54) is 29.2 Å². The Labute approximate surface area is 240 Å². The topological polar surface area (TPSA) is 65.1 Å². The van der Waals surface area contributed by atoms with Crippen molar-refractivity contribution in [2.24, 2.45) is 11.3 Å². The molecule has 4 aliphatic rings. The van der Waals surface area contributed by atoms with E-state index in [1.54, 1.807) is 0 Å². The summed E-state index contributed by atoms with van der Waals surface area (Å²) in [6, 6.07) is 8.90. The minimum absolute atomic E-state index is 0.122. The molecule has 0 radical (unpaired) electrons. The van der Waals surface area contributed by atoms with Crippen LogP contribution in [0.4, 0.5) is 5.69 Å². The highest BCUT2D eigenvalue weighted by Gasteiger charge is 2.66. The smallest absolute Gasteiger partial charge is 0.303 e. The average molecular weight is 550 g/mol. The van der Waals surface area contributed by atoms with Gasteiger partial charge in [0.05, 0.1) is 6.61 Å². The number of allylic oxidation sites excluding steroid dienone is 4. The Morgan fingerprint density at radius 3 is 2.40 bits per heavy atom. The summed E-state index contributed by atoms with van der Waals surface area (Å²) in [4.78, 5) is 27.4. The van der Waals surface area contributed by atoms with Gasteiger partial charge in [-0.1, -0.05) is 24.6 Å². The summed E-state index contributed by atoms with van der Waals surface area (Å²) in [5.74, 6) is -0.245. The number of carbonyl (C=O) groups excluding carboxylic acids is 2.